The highest BCUT2D eigenvalue weighted by molar-refractivity contribution is 5.46. The van der Waals surface area contributed by atoms with Gasteiger partial charge in [0.15, 0.2) is 0 Å². The molecule has 0 nitrogen and oxygen atoms in total. The van der Waals surface area contributed by atoms with E-state index in [0.717, 1.165) is 12.1 Å². The predicted octanol–water partition coefficient (Wildman–Crippen LogP) is 3.15. The number of benzene rings is 1. The van der Waals surface area contributed by atoms with Crippen molar-refractivity contribution in [3.05, 3.63) is 42.0 Å². The lowest BCUT2D eigenvalue weighted by Crippen LogP contribution is -2.03. The lowest BCUT2D eigenvalue weighted by molar-refractivity contribution is -0.137. The van der Waals surface area contributed by atoms with Gasteiger partial charge in [-0.05, 0) is 17.7 Å². The van der Waals surface area contributed by atoms with Crippen molar-refractivity contribution < 1.29 is 13.2 Å². The van der Waals surface area contributed by atoms with Crippen molar-refractivity contribution in [2.45, 2.75) is 6.18 Å². The maximum atomic E-state index is 12.0. The molecular formula is C9H6F3. The second-order valence-electron chi connectivity index (χ2n) is 2.29. The minimum atomic E-state index is -4.27. The molecule has 0 aliphatic heterocycles. The van der Waals surface area contributed by atoms with Crippen LogP contribution in [0, 0.1) is 6.58 Å². The van der Waals surface area contributed by atoms with Gasteiger partial charge in [-0.1, -0.05) is 24.8 Å². The summed E-state index contributed by atoms with van der Waals surface area (Å²) in [7, 11) is 0. The van der Waals surface area contributed by atoms with Crippen molar-refractivity contribution in [3.8, 4) is 0 Å². The quantitative estimate of drug-likeness (QED) is 0.608. The lowest BCUT2D eigenvalue weighted by Gasteiger charge is -2.05. The molecule has 0 atom stereocenters. The van der Waals surface area contributed by atoms with Gasteiger partial charge in [0.1, 0.15) is 0 Å². The summed E-state index contributed by atoms with van der Waals surface area (Å²) in [5.41, 5.74) is -0.0869. The van der Waals surface area contributed by atoms with Crippen LogP contribution in [0.3, 0.4) is 0 Å². The van der Waals surface area contributed by atoms with Crippen molar-refractivity contribution in [2.24, 2.45) is 0 Å². The maximum Gasteiger partial charge on any atom is 0.416 e. The lowest BCUT2D eigenvalue weighted by atomic mass is 10.1. The zero-order valence-corrected chi connectivity index (χ0v) is 6.10. The molecule has 63 valence electrons. The van der Waals surface area contributed by atoms with Gasteiger partial charge in [-0.25, -0.2) is 0 Å². The molecule has 0 amide bonds. The Morgan fingerprint density at radius 2 is 1.58 bits per heavy atom. The number of hydrogen-bond acceptors (Lipinski definition) is 0. The van der Waals surface area contributed by atoms with Gasteiger partial charge in [-0.2, -0.15) is 13.2 Å². The fraction of sp³-hybridized carbons (Fsp3) is 0.111. The number of alkyl halides is 3. The first-order chi connectivity index (χ1) is 5.54. The smallest absolute Gasteiger partial charge is 0.166 e. The van der Waals surface area contributed by atoms with Crippen molar-refractivity contribution in [1.29, 1.82) is 0 Å². The standard InChI is InChI=1S/C9H6F3/c1-2-7-3-5-8(6-4-7)9(10,11)12/h1-6H. The van der Waals surface area contributed by atoms with Crippen LogP contribution in [0.1, 0.15) is 11.1 Å². The van der Waals surface area contributed by atoms with Crippen molar-refractivity contribution >= 4 is 6.08 Å². The molecule has 1 aromatic carbocycles. The molecule has 0 saturated heterocycles. The highest BCUT2D eigenvalue weighted by Gasteiger charge is 2.29. The van der Waals surface area contributed by atoms with E-state index in [1.165, 1.54) is 18.2 Å². The van der Waals surface area contributed by atoms with Gasteiger partial charge in [-0.15, -0.1) is 0 Å². The second kappa shape index (κ2) is 3.01. The van der Waals surface area contributed by atoms with Crippen molar-refractivity contribution in [2.75, 3.05) is 0 Å². The molecule has 1 aromatic rings. The summed E-state index contributed by atoms with van der Waals surface area (Å²) in [4.78, 5) is 0. The number of hydrogen-bond donors (Lipinski definition) is 0. The monoisotopic (exact) mass is 171 g/mol. The third-order valence-corrected chi connectivity index (χ3v) is 1.43. The molecular weight excluding hydrogens is 165 g/mol. The van der Waals surface area contributed by atoms with Crippen molar-refractivity contribution in [3.63, 3.8) is 0 Å². The van der Waals surface area contributed by atoms with E-state index in [1.807, 2.05) is 0 Å². The highest BCUT2D eigenvalue weighted by Crippen LogP contribution is 2.29. The van der Waals surface area contributed by atoms with Crippen LogP contribution >= 0.6 is 0 Å². The molecule has 0 N–H and O–H groups in total. The third-order valence-electron chi connectivity index (χ3n) is 1.43. The zero-order chi connectivity index (χ0) is 9.19. The molecule has 0 spiro atoms. The third kappa shape index (κ3) is 1.87. The fourth-order valence-electron chi connectivity index (χ4n) is 0.783. The first-order valence-corrected chi connectivity index (χ1v) is 3.26. The first-order valence-electron chi connectivity index (χ1n) is 3.26. The summed E-state index contributed by atoms with van der Waals surface area (Å²) < 4.78 is 35.9. The molecule has 0 heterocycles. The maximum absolute atomic E-state index is 12.0. The normalized spacial score (nSPS) is 11.2. The van der Waals surface area contributed by atoms with Crippen molar-refractivity contribution in [1.82, 2.24) is 0 Å². The summed E-state index contributed by atoms with van der Waals surface area (Å²) in [6.07, 6.45) is -3.02. The van der Waals surface area contributed by atoms with E-state index in [0.29, 0.717) is 5.56 Å². The summed E-state index contributed by atoms with van der Waals surface area (Å²) in [6, 6.07) is 4.64. The first kappa shape index (κ1) is 8.84. The van der Waals surface area contributed by atoms with Gasteiger partial charge >= 0.3 is 6.18 Å². The van der Waals surface area contributed by atoms with E-state index in [4.69, 9.17) is 6.58 Å². The molecule has 12 heavy (non-hydrogen) atoms. The SMILES string of the molecule is [CH]=Cc1ccc(C(F)(F)F)cc1. The Kier molecular flexibility index (Phi) is 2.22. The fourth-order valence-corrected chi connectivity index (χ4v) is 0.783. The molecule has 1 rings (SSSR count). The average molecular weight is 171 g/mol. The summed E-state index contributed by atoms with van der Waals surface area (Å²) in [5, 5.41) is 0. The Bertz CT molecular complexity index is 269. The van der Waals surface area contributed by atoms with Gasteiger partial charge in [0.2, 0.25) is 0 Å². The molecule has 1 radical (unpaired) electrons. The summed E-state index contributed by atoms with van der Waals surface area (Å²) in [5.74, 6) is 0. The van der Waals surface area contributed by atoms with Crippen LogP contribution in [0.4, 0.5) is 13.2 Å². The van der Waals surface area contributed by atoms with E-state index in [2.05, 4.69) is 0 Å². The summed E-state index contributed by atoms with van der Waals surface area (Å²) in [6.45, 7) is 5.10. The zero-order valence-electron chi connectivity index (χ0n) is 6.10. The molecule has 0 bridgehead atoms. The van der Waals surface area contributed by atoms with Crippen LogP contribution in [0.25, 0.3) is 6.08 Å². The highest BCUT2D eigenvalue weighted by atomic mass is 19.4. The molecule has 0 aliphatic carbocycles. The van der Waals surface area contributed by atoms with E-state index < -0.39 is 11.7 Å². The van der Waals surface area contributed by atoms with Gasteiger partial charge in [-0.3, -0.25) is 0 Å². The van der Waals surface area contributed by atoms with Crippen LogP contribution in [0.15, 0.2) is 24.3 Å². The second-order valence-corrected chi connectivity index (χ2v) is 2.29. The van der Waals surface area contributed by atoms with E-state index in [-0.39, 0.29) is 0 Å². The van der Waals surface area contributed by atoms with Crippen LogP contribution < -0.4 is 0 Å². The Balaban J connectivity index is 3.00. The van der Waals surface area contributed by atoms with Crippen LogP contribution in [-0.2, 0) is 6.18 Å². The minimum Gasteiger partial charge on any atom is -0.166 e. The predicted molar refractivity (Wildman–Crippen MR) is 40.2 cm³/mol. The molecule has 0 aliphatic rings. The number of rotatable bonds is 1. The van der Waals surface area contributed by atoms with Crippen LogP contribution in [0.5, 0.6) is 0 Å². The molecule has 3 heteroatoms. The number of halogens is 3. The van der Waals surface area contributed by atoms with Crippen LogP contribution in [-0.4, -0.2) is 0 Å². The summed E-state index contributed by atoms with van der Waals surface area (Å²) >= 11 is 0. The topological polar surface area (TPSA) is 0 Å². The molecule has 0 aromatic heterocycles. The Morgan fingerprint density at radius 3 is 1.92 bits per heavy atom. The molecule has 0 fully saturated rings. The van der Waals surface area contributed by atoms with E-state index in [1.54, 1.807) is 0 Å². The minimum absolute atomic E-state index is 0.572. The average Bonchev–Trinajstić information content (AvgIpc) is 2.03. The Hall–Kier alpha value is -1.25. The largest absolute Gasteiger partial charge is 0.416 e. The van der Waals surface area contributed by atoms with Gasteiger partial charge in [0.05, 0.1) is 5.56 Å². The Morgan fingerprint density at radius 1 is 1.08 bits per heavy atom. The van der Waals surface area contributed by atoms with Gasteiger partial charge < -0.3 is 0 Å². The van der Waals surface area contributed by atoms with E-state index >= 15 is 0 Å². The van der Waals surface area contributed by atoms with Gasteiger partial charge in [0, 0.05) is 0 Å². The van der Waals surface area contributed by atoms with Gasteiger partial charge in [0.25, 0.3) is 0 Å². The van der Waals surface area contributed by atoms with E-state index in [9.17, 15) is 13.2 Å². The van der Waals surface area contributed by atoms with Crippen LogP contribution in [0.2, 0.25) is 0 Å². The molecule has 0 unspecified atom stereocenters. The molecule has 0 saturated carbocycles. The Labute approximate surface area is 68.3 Å².